The van der Waals surface area contributed by atoms with Crippen LogP contribution in [0.15, 0.2) is 24.0 Å². The molecule has 0 aliphatic heterocycles. The zero-order valence-electron chi connectivity index (χ0n) is 11.9. The number of halogens is 2. The van der Waals surface area contributed by atoms with Crippen molar-refractivity contribution in [3.63, 3.8) is 0 Å². The molecule has 0 spiro atoms. The van der Waals surface area contributed by atoms with Crippen molar-refractivity contribution in [2.45, 2.75) is 25.7 Å². The molecule has 0 bridgehead atoms. The fourth-order valence-corrected chi connectivity index (χ4v) is 4.55. The number of thiophene rings is 1. The van der Waals surface area contributed by atoms with Crippen molar-refractivity contribution in [1.29, 1.82) is 0 Å². The van der Waals surface area contributed by atoms with Gasteiger partial charge in [0.15, 0.2) is 0 Å². The molecule has 0 aromatic carbocycles. The van der Waals surface area contributed by atoms with Crippen molar-refractivity contribution in [2.75, 3.05) is 7.11 Å². The lowest BCUT2D eigenvalue weighted by atomic mass is 10.1. The molecule has 1 aliphatic carbocycles. The lowest BCUT2D eigenvalue weighted by Crippen LogP contribution is -2.02. The lowest BCUT2D eigenvalue weighted by molar-refractivity contribution is 0.0606. The molecule has 4 nitrogen and oxygen atoms in total. The number of carbonyl (C=O) groups excluding carboxylic acids is 1. The highest BCUT2D eigenvalue weighted by molar-refractivity contribution is 14.1. The SMILES string of the molecule is COC(=O)c1ccc(C(=C2CCCC2)n2cnc(I)c2I)s1. The first-order valence-electron chi connectivity index (χ1n) is 6.91. The minimum absolute atomic E-state index is 0.276. The number of methoxy groups -OCH3 is 1. The zero-order valence-corrected chi connectivity index (χ0v) is 17.1. The van der Waals surface area contributed by atoms with Gasteiger partial charge in [-0.15, -0.1) is 11.3 Å². The second-order valence-corrected chi connectivity index (χ2v) is 8.14. The van der Waals surface area contributed by atoms with Gasteiger partial charge in [0.1, 0.15) is 18.6 Å². The third-order valence-corrected chi connectivity index (χ3v) is 7.60. The van der Waals surface area contributed by atoms with E-state index in [0.717, 1.165) is 25.1 Å². The standard InChI is InChI=1S/C15H14I2N2O2S/c1-21-15(20)11-7-6-10(22-11)12(9-4-2-3-5-9)19-8-18-13(16)14(19)17/h6-8H,2-5H2,1H3. The molecule has 1 fully saturated rings. The highest BCUT2D eigenvalue weighted by atomic mass is 127. The Morgan fingerprint density at radius 3 is 2.55 bits per heavy atom. The maximum atomic E-state index is 11.7. The Kier molecular flexibility index (Phi) is 5.23. The summed E-state index contributed by atoms with van der Waals surface area (Å²) in [7, 11) is 1.42. The number of hydrogen-bond donors (Lipinski definition) is 0. The van der Waals surface area contributed by atoms with Crippen LogP contribution in [0.5, 0.6) is 0 Å². The monoisotopic (exact) mass is 540 g/mol. The molecular weight excluding hydrogens is 526 g/mol. The van der Waals surface area contributed by atoms with E-state index in [4.69, 9.17) is 4.74 Å². The minimum Gasteiger partial charge on any atom is -0.465 e. The number of carbonyl (C=O) groups is 1. The molecule has 0 N–H and O–H groups in total. The van der Waals surface area contributed by atoms with Gasteiger partial charge in [0, 0.05) is 0 Å². The molecule has 116 valence electrons. The van der Waals surface area contributed by atoms with E-state index in [1.54, 1.807) is 0 Å². The van der Waals surface area contributed by atoms with E-state index < -0.39 is 0 Å². The van der Waals surface area contributed by atoms with Gasteiger partial charge in [0.25, 0.3) is 0 Å². The van der Waals surface area contributed by atoms with E-state index in [1.165, 1.54) is 42.6 Å². The lowest BCUT2D eigenvalue weighted by Gasteiger charge is -2.12. The minimum atomic E-state index is -0.276. The van der Waals surface area contributed by atoms with Crippen LogP contribution in [-0.4, -0.2) is 22.6 Å². The summed E-state index contributed by atoms with van der Waals surface area (Å²) in [5, 5.41) is 0. The number of allylic oxidation sites excluding steroid dienone is 1. The van der Waals surface area contributed by atoms with E-state index in [9.17, 15) is 4.79 Å². The van der Waals surface area contributed by atoms with Crippen LogP contribution in [0, 0.1) is 7.40 Å². The number of nitrogens with zero attached hydrogens (tertiary/aromatic N) is 2. The molecule has 0 saturated heterocycles. The van der Waals surface area contributed by atoms with E-state index in [1.807, 2.05) is 18.5 Å². The van der Waals surface area contributed by atoms with E-state index in [-0.39, 0.29) is 5.97 Å². The molecule has 2 heterocycles. The molecule has 0 atom stereocenters. The Labute approximate surface area is 160 Å². The van der Waals surface area contributed by atoms with Gasteiger partial charge >= 0.3 is 5.97 Å². The molecule has 0 radical (unpaired) electrons. The molecule has 0 unspecified atom stereocenters. The molecule has 3 rings (SSSR count). The Morgan fingerprint density at radius 1 is 1.27 bits per heavy atom. The molecular formula is C15H14I2N2O2S. The molecule has 0 amide bonds. The summed E-state index contributed by atoms with van der Waals surface area (Å²) >= 11 is 6.06. The maximum Gasteiger partial charge on any atom is 0.348 e. The van der Waals surface area contributed by atoms with Crippen molar-refractivity contribution >= 4 is 68.2 Å². The topological polar surface area (TPSA) is 44.1 Å². The first-order valence-corrected chi connectivity index (χ1v) is 9.88. The predicted molar refractivity (Wildman–Crippen MR) is 104 cm³/mol. The summed E-state index contributed by atoms with van der Waals surface area (Å²) in [4.78, 5) is 17.9. The summed E-state index contributed by atoms with van der Waals surface area (Å²) in [5.41, 5.74) is 2.64. The van der Waals surface area contributed by atoms with Crippen LogP contribution in [0.2, 0.25) is 0 Å². The van der Waals surface area contributed by atoms with Crippen molar-refractivity contribution in [3.05, 3.63) is 41.2 Å². The summed E-state index contributed by atoms with van der Waals surface area (Å²) in [6.45, 7) is 0. The van der Waals surface area contributed by atoms with E-state index in [0.29, 0.717) is 4.88 Å². The van der Waals surface area contributed by atoms with Crippen LogP contribution in [0.3, 0.4) is 0 Å². The Bertz CT molecular complexity index is 741. The highest BCUT2D eigenvalue weighted by Gasteiger charge is 2.21. The third-order valence-electron chi connectivity index (χ3n) is 3.68. The van der Waals surface area contributed by atoms with E-state index in [2.05, 4.69) is 54.7 Å². The Morgan fingerprint density at radius 2 is 1.95 bits per heavy atom. The Hall–Kier alpha value is -0.420. The van der Waals surface area contributed by atoms with Crippen molar-refractivity contribution in [3.8, 4) is 0 Å². The number of hydrogen-bond acceptors (Lipinski definition) is 4. The van der Waals surface area contributed by atoms with Crippen LogP contribution in [0.1, 0.15) is 40.2 Å². The number of imidazole rings is 1. The van der Waals surface area contributed by atoms with Crippen molar-refractivity contribution < 1.29 is 9.53 Å². The van der Waals surface area contributed by atoms with Crippen LogP contribution in [0.25, 0.3) is 5.70 Å². The van der Waals surface area contributed by atoms with Gasteiger partial charge in [0.2, 0.25) is 0 Å². The van der Waals surface area contributed by atoms with Crippen LogP contribution >= 0.6 is 56.5 Å². The summed E-state index contributed by atoms with van der Waals surface area (Å²) in [6, 6.07) is 3.86. The average Bonchev–Trinajstić information content (AvgIpc) is 3.25. The second-order valence-electron chi connectivity index (χ2n) is 5.01. The number of aromatic nitrogens is 2. The smallest absolute Gasteiger partial charge is 0.348 e. The molecule has 2 aromatic heterocycles. The fraction of sp³-hybridized carbons (Fsp3) is 0.333. The highest BCUT2D eigenvalue weighted by Crippen LogP contribution is 2.37. The van der Waals surface area contributed by atoms with Crippen molar-refractivity contribution in [1.82, 2.24) is 9.55 Å². The number of rotatable bonds is 3. The van der Waals surface area contributed by atoms with Gasteiger partial charge in [-0.3, -0.25) is 4.57 Å². The molecule has 2 aromatic rings. The number of ether oxygens (including phenoxy) is 1. The quantitative estimate of drug-likeness (QED) is 0.417. The van der Waals surface area contributed by atoms with Gasteiger partial charge < -0.3 is 4.74 Å². The van der Waals surface area contributed by atoms with Crippen LogP contribution in [-0.2, 0) is 4.74 Å². The largest absolute Gasteiger partial charge is 0.465 e. The van der Waals surface area contributed by atoms with E-state index >= 15 is 0 Å². The molecule has 1 aliphatic rings. The second kappa shape index (κ2) is 7.00. The predicted octanol–water partition coefficient (Wildman–Crippen LogP) is 4.77. The summed E-state index contributed by atoms with van der Waals surface area (Å²) in [6.07, 6.45) is 6.58. The number of esters is 1. The molecule has 1 saturated carbocycles. The van der Waals surface area contributed by atoms with Crippen LogP contribution in [0.4, 0.5) is 0 Å². The average molecular weight is 540 g/mol. The van der Waals surface area contributed by atoms with Gasteiger partial charge in [0.05, 0.1) is 17.7 Å². The molecule has 22 heavy (non-hydrogen) atoms. The molecule has 7 heteroatoms. The fourth-order valence-electron chi connectivity index (χ4n) is 2.64. The zero-order chi connectivity index (χ0) is 15.7. The normalized spacial score (nSPS) is 14.4. The third kappa shape index (κ3) is 3.12. The van der Waals surface area contributed by atoms with Gasteiger partial charge in [-0.1, -0.05) is 0 Å². The Balaban J connectivity index is 2.11. The van der Waals surface area contributed by atoms with Gasteiger partial charge in [-0.05, 0) is 88.6 Å². The first-order chi connectivity index (χ1) is 10.6. The first kappa shape index (κ1) is 16.4. The van der Waals surface area contributed by atoms with Crippen molar-refractivity contribution in [2.24, 2.45) is 0 Å². The maximum absolute atomic E-state index is 11.7. The van der Waals surface area contributed by atoms with Gasteiger partial charge in [-0.2, -0.15) is 0 Å². The van der Waals surface area contributed by atoms with Gasteiger partial charge in [-0.25, -0.2) is 9.78 Å². The summed E-state index contributed by atoms with van der Waals surface area (Å²) < 4.78 is 9.08. The summed E-state index contributed by atoms with van der Waals surface area (Å²) in [5.74, 6) is -0.276. The van der Waals surface area contributed by atoms with Crippen LogP contribution < -0.4 is 0 Å².